The van der Waals surface area contributed by atoms with E-state index in [1.165, 1.54) is 0 Å². The topological polar surface area (TPSA) is 29.5 Å². The maximum absolute atomic E-state index is 12.5. The van der Waals surface area contributed by atoms with Crippen LogP contribution in [0.15, 0.2) is 18.2 Å². The number of nitrogens with zero attached hydrogens (tertiary/aromatic N) is 1. The number of ether oxygens (including phenoxy) is 1. The number of hydrogen-bond acceptors (Lipinski definition) is 3. The van der Waals surface area contributed by atoms with E-state index in [0.29, 0.717) is 12.6 Å². The van der Waals surface area contributed by atoms with Gasteiger partial charge < -0.3 is 4.74 Å². The number of piperidine rings is 1. The van der Waals surface area contributed by atoms with Crippen molar-refractivity contribution in [3.63, 3.8) is 0 Å². The van der Waals surface area contributed by atoms with Crippen LogP contribution in [0.5, 0.6) is 0 Å². The van der Waals surface area contributed by atoms with Crippen molar-refractivity contribution >= 4 is 5.78 Å². The summed E-state index contributed by atoms with van der Waals surface area (Å²) in [6, 6.07) is 6.08. The van der Waals surface area contributed by atoms with E-state index in [-0.39, 0.29) is 5.78 Å². The van der Waals surface area contributed by atoms with Gasteiger partial charge in [-0.15, -0.1) is 0 Å². The molecule has 1 atom stereocenters. The molecule has 0 aliphatic carbocycles. The summed E-state index contributed by atoms with van der Waals surface area (Å²) in [7, 11) is 0. The van der Waals surface area contributed by atoms with Crippen molar-refractivity contribution in [2.24, 2.45) is 0 Å². The number of hydrogen-bond donors (Lipinski definition) is 0. The molecule has 1 aromatic rings. The van der Waals surface area contributed by atoms with E-state index in [9.17, 15) is 4.79 Å². The van der Waals surface area contributed by atoms with Gasteiger partial charge in [0.1, 0.15) is 0 Å². The summed E-state index contributed by atoms with van der Waals surface area (Å²) < 4.78 is 5.69. The molecule has 0 spiro atoms. The van der Waals surface area contributed by atoms with Gasteiger partial charge in [0.2, 0.25) is 0 Å². The molecular weight excluding hydrogens is 250 g/mol. The molecule has 0 aromatic heterocycles. The lowest BCUT2D eigenvalue weighted by Gasteiger charge is -2.32. The Kier molecular flexibility index (Phi) is 5.32. The molecule has 0 amide bonds. The first kappa shape index (κ1) is 15.2. The van der Waals surface area contributed by atoms with Gasteiger partial charge in [0.15, 0.2) is 5.78 Å². The molecule has 0 radical (unpaired) electrons. The predicted octanol–water partition coefficient (Wildman–Crippen LogP) is 2.99. The molecule has 2 rings (SSSR count). The number of carbonyl (C=O) groups excluding carboxylic acids is 1. The molecule has 3 nitrogen and oxygen atoms in total. The maximum atomic E-state index is 12.5. The minimum absolute atomic E-state index is 0.225. The second-order valence-corrected chi connectivity index (χ2v) is 5.70. The molecule has 1 fully saturated rings. The predicted molar refractivity (Wildman–Crippen MR) is 81.3 cm³/mol. The molecule has 1 heterocycles. The van der Waals surface area contributed by atoms with Gasteiger partial charge in [0.05, 0.1) is 12.6 Å². The first-order chi connectivity index (χ1) is 9.60. The Morgan fingerprint density at radius 2 is 2.20 bits per heavy atom. The minimum atomic E-state index is 0.225. The molecule has 0 bridgehead atoms. The van der Waals surface area contributed by atoms with Crippen LogP contribution < -0.4 is 0 Å². The number of Topliss-reactive ketones (excluding diaryl/α,β-unsaturated/α-hetero) is 1. The SMILES string of the molecule is CCOC1CCCN(CC(=O)c2cc(C)ccc2C)C1. The number of ketones is 1. The fourth-order valence-corrected chi connectivity index (χ4v) is 2.85. The molecule has 20 heavy (non-hydrogen) atoms. The number of rotatable bonds is 5. The van der Waals surface area contributed by atoms with Crippen LogP contribution in [0.2, 0.25) is 0 Å². The quantitative estimate of drug-likeness (QED) is 0.774. The van der Waals surface area contributed by atoms with Gasteiger partial charge in [-0.3, -0.25) is 9.69 Å². The highest BCUT2D eigenvalue weighted by Crippen LogP contribution is 2.16. The van der Waals surface area contributed by atoms with Gasteiger partial charge in [-0.05, 0) is 51.8 Å². The summed E-state index contributed by atoms with van der Waals surface area (Å²) in [4.78, 5) is 14.7. The molecular formula is C17H25NO2. The van der Waals surface area contributed by atoms with Gasteiger partial charge >= 0.3 is 0 Å². The van der Waals surface area contributed by atoms with Crippen LogP contribution in [-0.2, 0) is 4.74 Å². The summed E-state index contributed by atoms with van der Waals surface area (Å²) in [5, 5.41) is 0. The average molecular weight is 275 g/mol. The van der Waals surface area contributed by atoms with Crippen LogP contribution in [0.4, 0.5) is 0 Å². The molecule has 0 N–H and O–H groups in total. The third-order valence-corrected chi connectivity index (χ3v) is 3.93. The van der Waals surface area contributed by atoms with E-state index in [1.807, 2.05) is 32.9 Å². The number of carbonyl (C=O) groups is 1. The highest BCUT2D eigenvalue weighted by atomic mass is 16.5. The third-order valence-electron chi connectivity index (χ3n) is 3.93. The molecule has 1 saturated heterocycles. The Bertz CT molecular complexity index is 468. The lowest BCUT2D eigenvalue weighted by Crippen LogP contribution is -2.42. The van der Waals surface area contributed by atoms with Crippen LogP contribution in [0.3, 0.4) is 0 Å². The molecule has 1 aromatic carbocycles. The van der Waals surface area contributed by atoms with Crippen LogP contribution in [0.1, 0.15) is 41.3 Å². The Balaban J connectivity index is 1.98. The van der Waals surface area contributed by atoms with Crippen molar-refractivity contribution in [2.75, 3.05) is 26.2 Å². The van der Waals surface area contributed by atoms with E-state index in [0.717, 1.165) is 49.2 Å². The van der Waals surface area contributed by atoms with E-state index in [4.69, 9.17) is 4.74 Å². The number of aryl methyl sites for hydroxylation is 2. The maximum Gasteiger partial charge on any atom is 0.177 e. The van der Waals surface area contributed by atoms with Gasteiger partial charge in [0, 0.05) is 18.7 Å². The zero-order chi connectivity index (χ0) is 14.5. The van der Waals surface area contributed by atoms with Gasteiger partial charge in [-0.2, -0.15) is 0 Å². The highest BCUT2D eigenvalue weighted by molar-refractivity contribution is 5.99. The van der Waals surface area contributed by atoms with Crippen LogP contribution in [-0.4, -0.2) is 43.0 Å². The molecule has 0 saturated carbocycles. The minimum Gasteiger partial charge on any atom is -0.377 e. The Morgan fingerprint density at radius 3 is 2.95 bits per heavy atom. The van der Waals surface area contributed by atoms with Crippen molar-refractivity contribution in [2.45, 2.75) is 39.7 Å². The number of likely N-dealkylation sites (tertiary alicyclic amines) is 1. The molecule has 1 unspecified atom stereocenters. The molecule has 110 valence electrons. The van der Waals surface area contributed by atoms with E-state index >= 15 is 0 Å². The van der Waals surface area contributed by atoms with Gasteiger partial charge in [0.25, 0.3) is 0 Å². The first-order valence-electron chi connectivity index (χ1n) is 7.54. The Labute approximate surface area is 121 Å². The van der Waals surface area contributed by atoms with Crippen molar-refractivity contribution < 1.29 is 9.53 Å². The number of benzene rings is 1. The zero-order valence-corrected chi connectivity index (χ0v) is 12.8. The van der Waals surface area contributed by atoms with Crippen LogP contribution in [0.25, 0.3) is 0 Å². The van der Waals surface area contributed by atoms with Crippen molar-refractivity contribution in [1.29, 1.82) is 0 Å². The summed E-state index contributed by atoms with van der Waals surface area (Å²) in [5.41, 5.74) is 3.08. The lowest BCUT2D eigenvalue weighted by molar-refractivity contribution is 0.00718. The lowest BCUT2D eigenvalue weighted by atomic mass is 10.0. The summed E-state index contributed by atoms with van der Waals surface area (Å²) in [5.74, 6) is 0.225. The normalized spacial score (nSPS) is 20.1. The molecule has 1 aliphatic heterocycles. The third kappa shape index (κ3) is 3.90. The van der Waals surface area contributed by atoms with Crippen LogP contribution >= 0.6 is 0 Å². The molecule has 3 heteroatoms. The largest absolute Gasteiger partial charge is 0.377 e. The van der Waals surface area contributed by atoms with Crippen molar-refractivity contribution in [3.05, 3.63) is 34.9 Å². The van der Waals surface area contributed by atoms with E-state index in [2.05, 4.69) is 11.0 Å². The highest BCUT2D eigenvalue weighted by Gasteiger charge is 2.22. The van der Waals surface area contributed by atoms with Crippen molar-refractivity contribution in [1.82, 2.24) is 4.90 Å². The second-order valence-electron chi connectivity index (χ2n) is 5.70. The fourth-order valence-electron chi connectivity index (χ4n) is 2.85. The summed E-state index contributed by atoms with van der Waals surface area (Å²) in [6.07, 6.45) is 2.52. The monoisotopic (exact) mass is 275 g/mol. The van der Waals surface area contributed by atoms with E-state index < -0.39 is 0 Å². The average Bonchev–Trinajstić information content (AvgIpc) is 2.42. The Morgan fingerprint density at radius 1 is 1.40 bits per heavy atom. The smallest absolute Gasteiger partial charge is 0.177 e. The van der Waals surface area contributed by atoms with Crippen LogP contribution in [0, 0.1) is 13.8 Å². The van der Waals surface area contributed by atoms with Gasteiger partial charge in [-0.25, -0.2) is 0 Å². The van der Waals surface area contributed by atoms with Crippen molar-refractivity contribution in [3.8, 4) is 0 Å². The molecule has 1 aliphatic rings. The summed E-state index contributed by atoms with van der Waals surface area (Å²) in [6.45, 7) is 9.20. The fraction of sp³-hybridized carbons (Fsp3) is 0.588. The van der Waals surface area contributed by atoms with E-state index in [1.54, 1.807) is 0 Å². The first-order valence-corrected chi connectivity index (χ1v) is 7.54. The Hall–Kier alpha value is -1.19. The second kappa shape index (κ2) is 7.00. The standard InChI is InChI=1S/C17H25NO2/c1-4-20-15-6-5-9-18(11-15)12-17(19)16-10-13(2)7-8-14(16)3/h7-8,10,15H,4-6,9,11-12H2,1-3H3. The zero-order valence-electron chi connectivity index (χ0n) is 12.8. The van der Waals surface area contributed by atoms with Gasteiger partial charge in [-0.1, -0.05) is 17.7 Å². The summed E-state index contributed by atoms with van der Waals surface area (Å²) >= 11 is 0.